The number of hydrogen-bond donors (Lipinski definition) is 5. The predicted octanol–water partition coefficient (Wildman–Crippen LogP) is -0.650. The van der Waals surface area contributed by atoms with Crippen molar-refractivity contribution in [3.8, 4) is 0 Å². The summed E-state index contributed by atoms with van der Waals surface area (Å²) in [7, 11) is 0. The van der Waals surface area contributed by atoms with E-state index in [4.69, 9.17) is 18.0 Å². The predicted molar refractivity (Wildman–Crippen MR) is 74.7 cm³/mol. The normalized spacial score (nSPS) is 9.26. The largest absolute Gasteiger partial charge is 0.357 e. The van der Waals surface area contributed by atoms with E-state index in [1.807, 2.05) is 30.3 Å². The van der Waals surface area contributed by atoms with Gasteiger partial charge in [0.05, 0.1) is 0 Å². The molecule has 0 saturated carbocycles. The first kappa shape index (κ1) is 14.7. The molecule has 1 aromatic carbocycles. The Bertz CT molecular complexity index is 452. The van der Waals surface area contributed by atoms with Gasteiger partial charge in [-0.15, -0.1) is 0 Å². The van der Waals surface area contributed by atoms with Crippen LogP contribution in [0.25, 0.3) is 0 Å². The van der Waals surface area contributed by atoms with Crippen LogP contribution in [0.15, 0.2) is 30.3 Å². The Kier molecular flexibility index (Phi) is 6.10. The number of nitrogens with two attached hydrogens (primary N) is 1. The molecule has 1 rings (SSSR count). The van der Waals surface area contributed by atoms with Gasteiger partial charge in [0.25, 0.3) is 5.91 Å². The number of primary amides is 1. The summed E-state index contributed by atoms with van der Waals surface area (Å²) < 4.78 is 0. The molecule has 102 valence electrons. The van der Waals surface area contributed by atoms with Gasteiger partial charge < -0.3 is 16.4 Å². The lowest BCUT2D eigenvalue weighted by atomic mass is 10.2. The zero-order valence-corrected chi connectivity index (χ0v) is 10.9. The Morgan fingerprint density at radius 3 is 2.42 bits per heavy atom. The Morgan fingerprint density at radius 2 is 1.79 bits per heavy atom. The minimum Gasteiger partial charge on any atom is -0.357 e. The van der Waals surface area contributed by atoms with Gasteiger partial charge in [-0.05, 0) is 17.8 Å². The van der Waals surface area contributed by atoms with Crippen LogP contribution in [0, 0.1) is 0 Å². The summed E-state index contributed by atoms with van der Waals surface area (Å²) in [5, 5.41) is 5.34. The summed E-state index contributed by atoms with van der Waals surface area (Å²) >= 11 is 4.96. The van der Waals surface area contributed by atoms with Crippen molar-refractivity contribution in [3.63, 3.8) is 0 Å². The van der Waals surface area contributed by atoms with E-state index in [-0.39, 0.29) is 11.7 Å². The Morgan fingerprint density at radius 1 is 1.11 bits per heavy atom. The van der Waals surface area contributed by atoms with Crippen LogP contribution in [0.2, 0.25) is 0 Å². The second kappa shape index (κ2) is 7.88. The molecule has 0 aromatic heterocycles. The molecule has 6 N–H and O–H groups in total. The average molecular weight is 281 g/mol. The van der Waals surface area contributed by atoms with Crippen molar-refractivity contribution < 1.29 is 9.59 Å². The van der Waals surface area contributed by atoms with Crippen molar-refractivity contribution in [2.24, 2.45) is 5.73 Å². The smallest absolute Gasteiger partial charge is 0.312 e. The molecule has 3 amide bonds. The van der Waals surface area contributed by atoms with Crippen LogP contribution in [0.3, 0.4) is 0 Å². The van der Waals surface area contributed by atoms with Crippen LogP contribution in [-0.2, 0) is 11.3 Å². The molecule has 0 aliphatic rings. The van der Waals surface area contributed by atoms with Gasteiger partial charge in [0.15, 0.2) is 5.11 Å². The molecule has 0 heterocycles. The fraction of sp³-hybridized carbons (Fsp3) is 0.182. The molecule has 0 bridgehead atoms. The lowest BCUT2D eigenvalue weighted by Crippen LogP contribution is -2.50. The molecule has 19 heavy (non-hydrogen) atoms. The Balaban J connectivity index is 2.17. The number of carbonyl (C=O) groups is 2. The highest BCUT2D eigenvalue weighted by Gasteiger charge is 2.02. The molecule has 0 unspecified atom stereocenters. The zero-order chi connectivity index (χ0) is 14.1. The summed E-state index contributed by atoms with van der Waals surface area (Å²) in [4.78, 5) is 21.6. The van der Waals surface area contributed by atoms with Gasteiger partial charge in [-0.25, -0.2) is 4.79 Å². The van der Waals surface area contributed by atoms with E-state index in [2.05, 4.69) is 21.5 Å². The molecular weight excluding hydrogens is 266 g/mol. The number of urea groups is 1. The molecule has 0 radical (unpaired) electrons. The number of rotatable bonds is 4. The number of hydrogen-bond acceptors (Lipinski definition) is 3. The molecule has 0 aliphatic heterocycles. The highest BCUT2D eigenvalue weighted by atomic mass is 32.1. The Labute approximate surface area is 115 Å². The lowest BCUT2D eigenvalue weighted by Gasteiger charge is -2.11. The third-order valence-corrected chi connectivity index (χ3v) is 2.28. The quantitative estimate of drug-likeness (QED) is 0.372. The van der Waals surface area contributed by atoms with Crippen molar-refractivity contribution in [2.45, 2.75) is 6.54 Å². The van der Waals surface area contributed by atoms with Crippen LogP contribution < -0.4 is 27.2 Å². The fourth-order valence-corrected chi connectivity index (χ4v) is 1.28. The molecular formula is C11H15N5O2S. The molecule has 7 nitrogen and oxygen atoms in total. The van der Waals surface area contributed by atoms with Crippen molar-refractivity contribution in [3.05, 3.63) is 35.9 Å². The van der Waals surface area contributed by atoms with E-state index in [0.717, 1.165) is 5.56 Å². The van der Waals surface area contributed by atoms with Gasteiger partial charge in [-0.3, -0.25) is 15.6 Å². The van der Waals surface area contributed by atoms with Gasteiger partial charge in [-0.1, -0.05) is 30.3 Å². The van der Waals surface area contributed by atoms with Crippen LogP contribution >= 0.6 is 12.2 Å². The van der Waals surface area contributed by atoms with Crippen LogP contribution in [0.5, 0.6) is 0 Å². The molecule has 0 saturated heterocycles. The topological polar surface area (TPSA) is 108 Å². The summed E-state index contributed by atoms with van der Waals surface area (Å²) in [5.74, 6) is -0.456. The van der Waals surface area contributed by atoms with E-state index in [0.29, 0.717) is 6.54 Å². The standard InChI is InChI=1S/C11H15N5O2S/c12-10(18)13-7-9(17)15-16-11(19)14-6-8-4-2-1-3-5-8/h1-5H,6-7H2,(H,15,17)(H3,12,13,18)(H2,14,16,19). The molecule has 0 fully saturated rings. The Hall–Kier alpha value is -2.35. The maximum Gasteiger partial charge on any atom is 0.312 e. The third kappa shape index (κ3) is 6.84. The number of benzene rings is 1. The summed E-state index contributed by atoms with van der Waals surface area (Å²) in [6, 6.07) is 8.90. The second-order valence-corrected chi connectivity index (χ2v) is 3.97. The van der Waals surface area contributed by atoms with E-state index in [1.54, 1.807) is 0 Å². The number of hydrazine groups is 1. The molecule has 8 heteroatoms. The highest BCUT2D eigenvalue weighted by molar-refractivity contribution is 7.80. The van der Waals surface area contributed by atoms with Crippen molar-refractivity contribution in [1.82, 2.24) is 21.5 Å². The fourth-order valence-electron chi connectivity index (χ4n) is 1.16. The van der Waals surface area contributed by atoms with E-state index >= 15 is 0 Å². The van der Waals surface area contributed by atoms with E-state index in [1.165, 1.54) is 0 Å². The third-order valence-electron chi connectivity index (χ3n) is 2.03. The van der Waals surface area contributed by atoms with Crippen molar-refractivity contribution >= 4 is 29.3 Å². The molecule has 1 aromatic rings. The molecule has 0 aliphatic carbocycles. The number of carbonyl (C=O) groups excluding carboxylic acids is 2. The zero-order valence-electron chi connectivity index (χ0n) is 10.1. The van der Waals surface area contributed by atoms with Crippen LogP contribution in [-0.4, -0.2) is 23.6 Å². The van der Waals surface area contributed by atoms with Crippen LogP contribution in [0.1, 0.15) is 5.56 Å². The monoisotopic (exact) mass is 281 g/mol. The summed E-state index contributed by atoms with van der Waals surface area (Å²) in [6.07, 6.45) is 0. The molecule has 0 spiro atoms. The van der Waals surface area contributed by atoms with Crippen LogP contribution in [0.4, 0.5) is 4.79 Å². The summed E-state index contributed by atoms with van der Waals surface area (Å²) in [6.45, 7) is 0.325. The van der Waals surface area contributed by atoms with Gasteiger partial charge in [0, 0.05) is 6.54 Å². The van der Waals surface area contributed by atoms with E-state index in [9.17, 15) is 9.59 Å². The number of thiocarbonyl (C=S) groups is 1. The van der Waals surface area contributed by atoms with Gasteiger partial charge in [-0.2, -0.15) is 0 Å². The maximum atomic E-state index is 11.2. The van der Waals surface area contributed by atoms with Gasteiger partial charge >= 0.3 is 6.03 Å². The second-order valence-electron chi connectivity index (χ2n) is 3.56. The van der Waals surface area contributed by atoms with Crippen molar-refractivity contribution in [2.75, 3.05) is 6.54 Å². The SMILES string of the molecule is NC(=O)NCC(=O)NNC(=S)NCc1ccccc1. The molecule has 0 atom stereocenters. The minimum absolute atomic E-state index is 0.219. The highest BCUT2D eigenvalue weighted by Crippen LogP contribution is 1.96. The lowest BCUT2D eigenvalue weighted by molar-refractivity contribution is -0.120. The van der Waals surface area contributed by atoms with Gasteiger partial charge in [0.1, 0.15) is 6.54 Å². The first-order chi connectivity index (χ1) is 9.08. The minimum atomic E-state index is -0.764. The number of nitrogens with one attached hydrogen (secondary N) is 4. The first-order valence-electron chi connectivity index (χ1n) is 5.48. The summed E-state index contributed by atoms with van der Waals surface area (Å²) in [5.41, 5.74) is 10.7. The average Bonchev–Trinajstić information content (AvgIpc) is 2.41. The van der Waals surface area contributed by atoms with Gasteiger partial charge in [0.2, 0.25) is 0 Å². The first-order valence-corrected chi connectivity index (χ1v) is 5.88. The van der Waals surface area contributed by atoms with Crippen molar-refractivity contribution in [1.29, 1.82) is 0 Å². The number of amides is 3. The maximum absolute atomic E-state index is 11.2. The van der Waals surface area contributed by atoms with E-state index < -0.39 is 11.9 Å².